The highest BCUT2D eigenvalue weighted by atomic mass is 19.1. The fourth-order valence-corrected chi connectivity index (χ4v) is 7.35. The highest BCUT2D eigenvalue weighted by Gasteiger charge is 2.47. The molecule has 1 aromatic heterocycles. The highest BCUT2D eigenvalue weighted by molar-refractivity contribution is 5.96. The van der Waals surface area contributed by atoms with E-state index in [1.807, 2.05) is 35.8 Å². The normalized spacial score (nSPS) is 24.7. The van der Waals surface area contributed by atoms with E-state index in [0.29, 0.717) is 17.4 Å². The maximum Gasteiger partial charge on any atom is 0.257 e. The molecule has 3 aliphatic heterocycles. The van der Waals surface area contributed by atoms with Gasteiger partial charge >= 0.3 is 0 Å². The molecule has 8 nitrogen and oxygen atoms in total. The number of aryl methyl sites for hydroxylation is 2. The van der Waals surface area contributed by atoms with Gasteiger partial charge in [0.15, 0.2) is 0 Å². The van der Waals surface area contributed by atoms with Gasteiger partial charge in [0.05, 0.1) is 17.0 Å². The number of likely N-dealkylation sites (tertiary alicyclic amines) is 2. The molecule has 1 saturated carbocycles. The van der Waals surface area contributed by atoms with Crippen LogP contribution in [-0.4, -0.2) is 98.8 Å². The molecule has 4 heterocycles. The molecule has 41 heavy (non-hydrogen) atoms. The molecule has 4 aliphatic rings. The Morgan fingerprint density at radius 1 is 0.976 bits per heavy atom. The van der Waals surface area contributed by atoms with Crippen molar-refractivity contribution in [3.63, 3.8) is 0 Å². The lowest BCUT2D eigenvalue weighted by atomic mass is 9.83. The predicted molar refractivity (Wildman–Crippen MR) is 155 cm³/mol. The van der Waals surface area contributed by atoms with Crippen molar-refractivity contribution in [1.82, 2.24) is 29.6 Å². The molecule has 2 atom stereocenters. The monoisotopic (exact) mass is 562 g/mol. The lowest BCUT2D eigenvalue weighted by Crippen LogP contribution is -2.64. The Bertz CT molecular complexity index is 1280. The first-order valence-electron chi connectivity index (χ1n) is 15.3. The Labute approximate surface area is 242 Å². The molecule has 4 fully saturated rings. The number of carbonyl (C=O) groups is 2. The molecule has 0 N–H and O–H groups in total. The number of piperidine rings is 1. The largest absolute Gasteiger partial charge is 0.342 e. The van der Waals surface area contributed by atoms with Crippen LogP contribution in [0.1, 0.15) is 72.9 Å². The summed E-state index contributed by atoms with van der Waals surface area (Å²) in [6.45, 7) is 14.1. The average Bonchev–Trinajstić information content (AvgIpc) is 3.76. The van der Waals surface area contributed by atoms with Gasteiger partial charge in [-0.2, -0.15) is 0 Å². The van der Waals surface area contributed by atoms with Crippen molar-refractivity contribution in [3.05, 3.63) is 58.9 Å². The minimum atomic E-state index is -0.203. The first kappa shape index (κ1) is 28.2. The maximum atomic E-state index is 14.4. The zero-order valence-electron chi connectivity index (χ0n) is 24.9. The summed E-state index contributed by atoms with van der Waals surface area (Å²) >= 11 is 0. The number of amides is 2. The third-order valence-corrected chi connectivity index (χ3v) is 10.2. The van der Waals surface area contributed by atoms with Crippen molar-refractivity contribution in [2.75, 3.05) is 45.8 Å². The Balaban J connectivity index is 1.11. The van der Waals surface area contributed by atoms with Crippen molar-refractivity contribution in [1.29, 1.82) is 0 Å². The summed E-state index contributed by atoms with van der Waals surface area (Å²) in [4.78, 5) is 43.6. The number of hydrogen-bond donors (Lipinski definition) is 0. The number of nitrogens with zero attached hydrogens (tertiary/aromatic N) is 6. The fraction of sp³-hybridized carbons (Fsp3) is 0.625. The van der Waals surface area contributed by atoms with Crippen molar-refractivity contribution >= 4 is 11.8 Å². The summed E-state index contributed by atoms with van der Waals surface area (Å²) in [5.74, 6) is 0.688. The van der Waals surface area contributed by atoms with Crippen molar-refractivity contribution in [2.45, 2.75) is 71.0 Å². The second-order valence-electron chi connectivity index (χ2n) is 13.0. The number of carbonyl (C=O) groups excluding carboxylic acids is 2. The van der Waals surface area contributed by atoms with Crippen LogP contribution in [0.25, 0.3) is 0 Å². The van der Waals surface area contributed by atoms with Gasteiger partial charge < -0.3 is 9.80 Å². The van der Waals surface area contributed by atoms with Crippen LogP contribution in [0, 0.1) is 31.5 Å². The Morgan fingerprint density at radius 3 is 2.27 bits per heavy atom. The molecule has 2 aromatic rings. The van der Waals surface area contributed by atoms with Crippen LogP contribution in [0.4, 0.5) is 4.39 Å². The Kier molecular flexibility index (Phi) is 7.61. The van der Waals surface area contributed by atoms with Crippen LogP contribution in [0.5, 0.6) is 0 Å². The Hall–Kier alpha value is -2.91. The fourth-order valence-electron chi connectivity index (χ4n) is 7.35. The van der Waals surface area contributed by atoms with Gasteiger partial charge in [0.25, 0.3) is 5.91 Å². The first-order valence-corrected chi connectivity index (χ1v) is 15.3. The van der Waals surface area contributed by atoms with Crippen LogP contribution in [0.2, 0.25) is 0 Å². The van der Waals surface area contributed by atoms with Gasteiger partial charge in [-0.1, -0.05) is 12.1 Å². The van der Waals surface area contributed by atoms with Crippen LogP contribution in [-0.2, 0) is 4.79 Å². The number of benzene rings is 1. The number of piperazine rings is 1. The van der Waals surface area contributed by atoms with E-state index in [1.54, 1.807) is 6.07 Å². The predicted octanol–water partition coefficient (Wildman–Crippen LogP) is 3.84. The van der Waals surface area contributed by atoms with Gasteiger partial charge in [0.2, 0.25) is 5.91 Å². The lowest BCUT2D eigenvalue weighted by Gasteiger charge is -2.55. The summed E-state index contributed by atoms with van der Waals surface area (Å²) in [5, 5.41) is 0. The van der Waals surface area contributed by atoms with Gasteiger partial charge in [-0.15, -0.1) is 0 Å². The second-order valence-corrected chi connectivity index (χ2v) is 13.0. The lowest BCUT2D eigenvalue weighted by molar-refractivity contribution is -0.142. The van der Waals surface area contributed by atoms with E-state index in [9.17, 15) is 14.0 Å². The molecule has 9 heteroatoms. The number of hydrogen-bond acceptors (Lipinski definition) is 6. The van der Waals surface area contributed by atoms with Crippen LogP contribution < -0.4 is 0 Å². The van der Waals surface area contributed by atoms with E-state index in [1.165, 1.54) is 12.4 Å². The molecular formula is C32H43FN6O2. The molecule has 2 amide bonds. The number of aromatic nitrogens is 2. The minimum absolute atomic E-state index is 0.0205. The quantitative estimate of drug-likeness (QED) is 0.533. The summed E-state index contributed by atoms with van der Waals surface area (Å²) in [6, 6.07) is 7.44. The van der Waals surface area contributed by atoms with E-state index in [2.05, 4.69) is 33.6 Å². The van der Waals surface area contributed by atoms with Crippen LogP contribution in [0.15, 0.2) is 30.6 Å². The molecule has 0 spiro atoms. The summed E-state index contributed by atoms with van der Waals surface area (Å²) in [7, 11) is 0. The summed E-state index contributed by atoms with van der Waals surface area (Å²) in [6.07, 6.45) is 5.41. The molecular weight excluding hydrogens is 519 g/mol. The van der Waals surface area contributed by atoms with Crippen molar-refractivity contribution < 1.29 is 14.0 Å². The van der Waals surface area contributed by atoms with E-state index in [0.717, 1.165) is 88.4 Å². The van der Waals surface area contributed by atoms with Gasteiger partial charge in [0, 0.05) is 75.3 Å². The van der Waals surface area contributed by atoms with Crippen molar-refractivity contribution in [2.24, 2.45) is 11.8 Å². The van der Waals surface area contributed by atoms with Crippen molar-refractivity contribution in [3.8, 4) is 0 Å². The van der Waals surface area contributed by atoms with Gasteiger partial charge in [-0.25, -0.2) is 14.4 Å². The number of halogens is 1. The van der Waals surface area contributed by atoms with E-state index in [-0.39, 0.29) is 35.3 Å². The maximum absolute atomic E-state index is 14.4. The molecule has 0 radical (unpaired) electrons. The molecule has 0 unspecified atom stereocenters. The topological polar surface area (TPSA) is 72.9 Å². The zero-order valence-corrected chi connectivity index (χ0v) is 24.9. The molecule has 3 saturated heterocycles. The van der Waals surface area contributed by atoms with Gasteiger partial charge in [-0.05, 0) is 71.1 Å². The zero-order chi connectivity index (χ0) is 28.9. The molecule has 6 rings (SSSR count). The van der Waals surface area contributed by atoms with Crippen LogP contribution >= 0.6 is 0 Å². The SMILES string of the molecule is Cc1ncnc(C)c1C(=O)N1CCC(C)(N2CCN([C@@H](c3cccc(F)c3)C3CN(C(=O)C4CC4)C3)[C@@H](C)C2)CC1. The van der Waals surface area contributed by atoms with E-state index < -0.39 is 0 Å². The summed E-state index contributed by atoms with van der Waals surface area (Å²) in [5.41, 5.74) is 3.14. The van der Waals surface area contributed by atoms with E-state index >= 15 is 0 Å². The summed E-state index contributed by atoms with van der Waals surface area (Å²) < 4.78 is 14.4. The van der Waals surface area contributed by atoms with E-state index in [4.69, 9.17) is 0 Å². The smallest absolute Gasteiger partial charge is 0.257 e. The third kappa shape index (κ3) is 5.50. The third-order valence-electron chi connectivity index (χ3n) is 10.2. The average molecular weight is 563 g/mol. The highest BCUT2D eigenvalue weighted by Crippen LogP contribution is 2.41. The van der Waals surface area contributed by atoms with Crippen LogP contribution in [0.3, 0.4) is 0 Å². The van der Waals surface area contributed by atoms with Gasteiger partial charge in [0.1, 0.15) is 12.1 Å². The Morgan fingerprint density at radius 2 is 1.66 bits per heavy atom. The molecule has 1 aliphatic carbocycles. The number of rotatable bonds is 6. The standard InChI is InChI=1S/C32H43FN6O2/c1-21-17-38(32(4)10-12-36(13-11-32)31(41)28-22(2)34-20-35-23(28)3)14-15-39(21)29(25-6-5-7-27(33)16-25)26-18-37(19-26)30(40)24-8-9-24/h5-7,16,20-21,24,26,29H,8-15,17-19H2,1-4H3/t21-,29-/m0/s1. The first-order chi connectivity index (χ1) is 19.6. The minimum Gasteiger partial charge on any atom is -0.342 e. The molecule has 0 bridgehead atoms. The van der Waals surface area contributed by atoms with Gasteiger partial charge in [-0.3, -0.25) is 19.4 Å². The molecule has 1 aromatic carbocycles. The molecule has 220 valence electrons. The second kappa shape index (κ2) is 11.1.